The van der Waals surface area contributed by atoms with Crippen molar-refractivity contribution in [2.24, 2.45) is 0 Å². The van der Waals surface area contributed by atoms with Gasteiger partial charge in [-0.2, -0.15) is 12.6 Å². The first-order valence-electron chi connectivity index (χ1n) is 5.06. The maximum Gasteiger partial charge on any atom is 0.0154 e. The van der Waals surface area contributed by atoms with Gasteiger partial charge in [0.15, 0.2) is 0 Å². The van der Waals surface area contributed by atoms with Gasteiger partial charge in [-0.3, -0.25) is 0 Å². The van der Waals surface area contributed by atoms with E-state index in [1.54, 1.807) is 0 Å². The highest BCUT2D eigenvalue weighted by Gasteiger charge is 1.96. The van der Waals surface area contributed by atoms with Gasteiger partial charge in [0.2, 0.25) is 0 Å². The summed E-state index contributed by atoms with van der Waals surface area (Å²) in [5.41, 5.74) is 5.09. The van der Waals surface area contributed by atoms with Gasteiger partial charge in [0.05, 0.1) is 0 Å². The van der Waals surface area contributed by atoms with Crippen LogP contribution in [-0.4, -0.2) is 0 Å². The number of hydrogen-bond acceptors (Lipinski definition) is 1. The van der Waals surface area contributed by atoms with Crippen molar-refractivity contribution in [3.8, 4) is 11.1 Å². The molecule has 0 unspecified atom stereocenters. The van der Waals surface area contributed by atoms with Crippen LogP contribution in [0.1, 0.15) is 11.1 Å². The van der Waals surface area contributed by atoms with Gasteiger partial charge in [0, 0.05) is 5.75 Å². The number of thiol groups is 1. The molecule has 0 bridgehead atoms. The van der Waals surface area contributed by atoms with Crippen molar-refractivity contribution >= 4 is 12.6 Å². The van der Waals surface area contributed by atoms with Crippen LogP contribution in [0, 0.1) is 6.92 Å². The van der Waals surface area contributed by atoms with E-state index in [9.17, 15) is 0 Å². The molecular weight excluding hydrogens is 200 g/mol. The summed E-state index contributed by atoms with van der Waals surface area (Å²) in [5.74, 6) is 0.800. The summed E-state index contributed by atoms with van der Waals surface area (Å²) < 4.78 is 0. The largest absolute Gasteiger partial charge is 0.175 e. The molecule has 0 aromatic heterocycles. The maximum absolute atomic E-state index is 4.25. The van der Waals surface area contributed by atoms with E-state index in [-0.39, 0.29) is 0 Å². The van der Waals surface area contributed by atoms with Crippen LogP contribution < -0.4 is 0 Å². The molecule has 1 heteroatoms. The van der Waals surface area contributed by atoms with Crippen molar-refractivity contribution in [2.75, 3.05) is 0 Å². The Balaban J connectivity index is 2.33. The van der Waals surface area contributed by atoms with Crippen molar-refractivity contribution in [1.29, 1.82) is 0 Å². The van der Waals surface area contributed by atoms with Gasteiger partial charge in [0.25, 0.3) is 0 Å². The van der Waals surface area contributed by atoms with Crippen molar-refractivity contribution in [2.45, 2.75) is 12.7 Å². The summed E-state index contributed by atoms with van der Waals surface area (Å²) >= 11 is 4.25. The van der Waals surface area contributed by atoms with Crippen LogP contribution in [0.25, 0.3) is 11.1 Å². The number of benzene rings is 2. The Morgan fingerprint density at radius 2 is 1.27 bits per heavy atom. The molecule has 0 atom stereocenters. The van der Waals surface area contributed by atoms with Gasteiger partial charge in [-0.05, 0) is 23.6 Å². The lowest BCUT2D eigenvalue weighted by molar-refractivity contribution is 1.42. The Morgan fingerprint density at radius 3 is 1.73 bits per heavy atom. The van der Waals surface area contributed by atoms with Gasteiger partial charge in [-0.1, -0.05) is 54.1 Å². The lowest BCUT2D eigenvalue weighted by atomic mass is 10.0. The van der Waals surface area contributed by atoms with Gasteiger partial charge in [-0.15, -0.1) is 0 Å². The minimum Gasteiger partial charge on any atom is -0.175 e. The molecule has 0 spiro atoms. The summed E-state index contributed by atoms with van der Waals surface area (Å²) in [6.45, 7) is 2.10. The predicted molar refractivity (Wildman–Crippen MR) is 69.3 cm³/mol. The van der Waals surface area contributed by atoms with Crippen molar-refractivity contribution in [1.82, 2.24) is 0 Å². The third-order valence-corrected chi connectivity index (χ3v) is 2.89. The van der Waals surface area contributed by atoms with Crippen LogP contribution in [0.2, 0.25) is 0 Å². The highest BCUT2D eigenvalue weighted by molar-refractivity contribution is 7.79. The van der Waals surface area contributed by atoms with E-state index in [1.807, 2.05) is 0 Å². The summed E-state index contributed by atoms with van der Waals surface area (Å²) in [4.78, 5) is 0. The van der Waals surface area contributed by atoms with Crippen molar-refractivity contribution in [3.05, 3.63) is 59.7 Å². The molecule has 2 rings (SSSR count). The standard InChI is InChI=1S/C14H14S/c1-11-2-6-13(7-3-11)14-8-4-12(10-15)5-9-14/h2-9,15H,10H2,1H3. The monoisotopic (exact) mass is 214 g/mol. The first-order valence-corrected chi connectivity index (χ1v) is 5.69. The van der Waals surface area contributed by atoms with E-state index in [4.69, 9.17) is 0 Å². The lowest BCUT2D eigenvalue weighted by Gasteiger charge is -2.03. The third kappa shape index (κ3) is 2.42. The fourth-order valence-corrected chi connectivity index (χ4v) is 1.76. The summed E-state index contributed by atoms with van der Waals surface area (Å²) in [6.07, 6.45) is 0. The minimum absolute atomic E-state index is 0.800. The second-order valence-corrected chi connectivity index (χ2v) is 4.04. The number of rotatable bonds is 2. The van der Waals surface area contributed by atoms with Crippen molar-refractivity contribution in [3.63, 3.8) is 0 Å². The molecule has 0 heterocycles. The second kappa shape index (κ2) is 4.54. The fraction of sp³-hybridized carbons (Fsp3) is 0.143. The fourth-order valence-electron chi connectivity index (χ4n) is 1.55. The normalized spacial score (nSPS) is 10.3. The summed E-state index contributed by atoms with van der Waals surface area (Å²) in [5, 5.41) is 0. The molecule has 15 heavy (non-hydrogen) atoms. The first kappa shape index (κ1) is 10.3. The van der Waals surface area contributed by atoms with Gasteiger partial charge < -0.3 is 0 Å². The molecule has 0 aliphatic heterocycles. The molecule has 76 valence electrons. The zero-order valence-corrected chi connectivity index (χ0v) is 9.67. The van der Waals surface area contributed by atoms with Crippen LogP contribution in [0.3, 0.4) is 0 Å². The average Bonchev–Trinajstić information content (AvgIpc) is 2.30. The Labute approximate surface area is 96.4 Å². The molecular formula is C14H14S. The van der Waals surface area contributed by atoms with Gasteiger partial charge >= 0.3 is 0 Å². The highest BCUT2D eigenvalue weighted by atomic mass is 32.1. The first-order chi connectivity index (χ1) is 7.29. The number of hydrogen-bond donors (Lipinski definition) is 1. The quantitative estimate of drug-likeness (QED) is 0.715. The third-order valence-electron chi connectivity index (χ3n) is 2.52. The Kier molecular flexibility index (Phi) is 3.12. The zero-order valence-electron chi connectivity index (χ0n) is 8.77. The molecule has 0 N–H and O–H groups in total. The Hall–Kier alpha value is -1.21. The zero-order chi connectivity index (χ0) is 10.7. The highest BCUT2D eigenvalue weighted by Crippen LogP contribution is 2.20. The van der Waals surface area contributed by atoms with E-state index in [0.29, 0.717) is 0 Å². The second-order valence-electron chi connectivity index (χ2n) is 3.72. The van der Waals surface area contributed by atoms with E-state index in [2.05, 4.69) is 68.1 Å². The maximum atomic E-state index is 4.25. The van der Waals surface area contributed by atoms with E-state index in [1.165, 1.54) is 22.3 Å². The number of aryl methyl sites for hydroxylation is 1. The van der Waals surface area contributed by atoms with Crippen LogP contribution >= 0.6 is 12.6 Å². The molecule has 0 nitrogen and oxygen atoms in total. The minimum atomic E-state index is 0.800. The van der Waals surface area contributed by atoms with Crippen LogP contribution in [0.4, 0.5) is 0 Å². The Morgan fingerprint density at radius 1 is 0.800 bits per heavy atom. The van der Waals surface area contributed by atoms with E-state index >= 15 is 0 Å². The molecule has 2 aromatic rings. The summed E-state index contributed by atoms with van der Waals surface area (Å²) in [6, 6.07) is 17.1. The molecule has 0 aliphatic carbocycles. The van der Waals surface area contributed by atoms with Crippen LogP contribution in [-0.2, 0) is 5.75 Å². The Bertz CT molecular complexity index is 426. The van der Waals surface area contributed by atoms with Crippen LogP contribution in [0.5, 0.6) is 0 Å². The molecule has 0 radical (unpaired) electrons. The van der Waals surface area contributed by atoms with Gasteiger partial charge in [0.1, 0.15) is 0 Å². The van der Waals surface area contributed by atoms with E-state index < -0.39 is 0 Å². The molecule has 0 aliphatic rings. The van der Waals surface area contributed by atoms with Crippen molar-refractivity contribution < 1.29 is 0 Å². The van der Waals surface area contributed by atoms with E-state index in [0.717, 1.165) is 5.75 Å². The molecule has 0 amide bonds. The SMILES string of the molecule is Cc1ccc(-c2ccc(CS)cc2)cc1. The van der Waals surface area contributed by atoms with Crippen LogP contribution in [0.15, 0.2) is 48.5 Å². The molecule has 2 aromatic carbocycles. The molecule has 0 saturated heterocycles. The molecule has 0 saturated carbocycles. The topological polar surface area (TPSA) is 0 Å². The smallest absolute Gasteiger partial charge is 0.0154 e. The average molecular weight is 214 g/mol. The predicted octanol–water partition coefficient (Wildman–Crippen LogP) is 4.09. The van der Waals surface area contributed by atoms with Gasteiger partial charge in [-0.25, -0.2) is 0 Å². The lowest BCUT2D eigenvalue weighted by Crippen LogP contribution is -1.80. The summed E-state index contributed by atoms with van der Waals surface area (Å²) in [7, 11) is 0. The molecule has 0 fully saturated rings.